The summed E-state index contributed by atoms with van der Waals surface area (Å²) in [4.78, 5) is 11.5. The van der Waals surface area contributed by atoms with Crippen molar-refractivity contribution in [1.82, 2.24) is 4.72 Å². The van der Waals surface area contributed by atoms with Crippen LogP contribution in [0.3, 0.4) is 0 Å². The number of unbranched alkanes of at least 4 members (excludes halogenated alkanes) is 2. The minimum absolute atomic E-state index is 0.00145. The van der Waals surface area contributed by atoms with E-state index < -0.39 is 32.6 Å². The second kappa shape index (κ2) is 9.28. The van der Waals surface area contributed by atoms with Crippen LogP contribution in [0.25, 0.3) is 11.1 Å². The van der Waals surface area contributed by atoms with Crippen LogP contribution in [0.1, 0.15) is 44.2 Å². The summed E-state index contributed by atoms with van der Waals surface area (Å²) >= 11 is 0. The van der Waals surface area contributed by atoms with Crippen LogP contribution in [0.2, 0.25) is 0 Å². The number of sulfonamides is 1. The minimum atomic E-state index is -4.40. The van der Waals surface area contributed by atoms with Crippen molar-refractivity contribution in [3.63, 3.8) is 0 Å². The molecule has 1 atom stereocenters. The van der Waals surface area contributed by atoms with Crippen LogP contribution in [-0.2, 0) is 21.2 Å². The third-order valence-electron chi connectivity index (χ3n) is 4.58. The second-order valence-corrected chi connectivity index (χ2v) is 8.81. The SMILES string of the molecule is CCCCCc1cc(O)c(-c2cccc(C)c2)c(O)c1S(=O)(=O)NC(=O)C(C)N. The highest BCUT2D eigenvalue weighted by atomic mass is 32.2. The van der Waals surface area contributed by atoms with Gasteiger partial charge < -0.3 is 15.9 Å². The summed E-state index contributed by atoms with van der Waals surface area (Å²) in [6.45, 7) is 5.22. The van der Waals surface area contributed by atoms with Gasteiger partial charge in [0.1, 0.15) is 16.4 Å². The number of aromatic hydroxyl groups is 2. The molecule has 29 heavy (non-hydrogen) atoms. The quantitative estimate of drug-likeness (QED) is 0.486. The van der Waals surface area contributed by atoms with E-state index in [-0.39, 0.29) is 16.9 Å². The highest BCUT2D eigenvalue weighted by Crippen LogP contribution is 2.44. The molecule has 1 amide bonds. The Labute approximate surface area is 171 Å². The molecule has 0 saturated carbocycles. The minimum Gasteiger partial charge on any atom is -0.507 e. The average molecular weight is 421 g/mol. The number of benzene rings is 2. The van der Waals surface area contributed by atoms with Crippen LogP contribution in [0.15, 0.2) is 35.2 Å². The first kappa shape index (κ1) is 22.7. The largest absolute Gasteiger partial charge is 0.507 e. The first-order valence-corrected chi connectivity index (χ1v) is 11.0. The number of phenolic OH excluding ortho intramolecular Hbond substituents is 2. The van der Waals surface area contributed by atoms with Gasteiger partial charge in [-0.3, -0.25) is 4.79 Å². The molecule has 0 spiro atoms. The molecule has 0 aliphatic rings. The summed E-state index contributed by atoms with van der Waals surface area (Å²) in [6, 6.07) is 7.28. The third kappa shape index (κ3) is 5.27. The highest BCUT2D eigenvalue weighted by molar-refractivity contribution is 7.90. The molecule has 1 unspecified atom stereocenters. The number of carbonyl (C=O) groups is 1. The molecule has 158 valence electrons. The van der Waals surface area contributed by atoms with Crippen LogP contribution in [0.5, 0.6) is 11.5 Å². The Bertz CT molecular complexity index is 1000. The van der Waals surface area contributed by atoms with Crippen LogP contribution in [0, 0.1) is 6.92 Å². The third-order valence-corrected chi connectivity index (χ3v) is 6.05. The zero-order valence-electron chi connectivity index (χ0n) is 16.9. The summed E-state index contributed by atoms with van der Waals surface area (Å²) in [5, 5.41) is 21.5. The van der Waals surface area contributed by atoms with Crippen molar-refractivity contribution in [2.45, 2.75) is 57.4 Å². The van der Waals surface area contributed by atoms with Gasteiger partial charge in [-0.1, -0.05) is 49.6 Å². The molecular formula is C21H28N2O5S. The van der Waals surface area contributed by atoms with Crippen molar-refractivity contribution in [3.8, 4) is 22.6 Å². The molecule has 0 bridgehead atoms. The topological polar surface area (TPSA) is 130 Å². The van der Waals surface area contributed by atoms with Gasteiger partial charge in [0.2, 0.25) is 5.91 Å². The molecule has 2 aromatic rings. The molecule has 0 aromatic heterocycles. The Hall–Kier alpha value is -2.58. The molecule has 8 heteroatoms. The number of amides is 1. The lowest BCUT2D eigenvalue weighted by Crippen LogP contribution is -2.41. The molecule has 7 nitrogen and oxygen atoms in total. The van der Waals surface area contributed by atoms with Gasteiger partial charge in [-0.05, 0) is 43.9 Å². The molecular weight excluding hydrogens is 392 g/mol. The summed E-state index contributed by atoms with van der Waals surface area (Å²) in [6.07, 6.45) is 2.77. The Morgan fingerprint density at radius 2 is 1.90 bits per heavy atom. The van der Waals surface area contributed by atoms with Gasteiger partial charge in [-0.25, -0.2) is 13.1 Å². The van der Waals surface area contributed by atoms with Crippen LogP contribution in [0.4, 0.5) is 0 Å². The highest BCUT2D eigenvalue weighted by Gasteiger charge is 2.30. The van der Waals surface area contributed by atoms with E-state index in [2.05, 4.69) is 0 Å². The van der Waals surface area contributed by atoms with E-state index in [0.29, 0.717) is 18.4 Å². The molecule has 2 aromatic carbocycles. The van der Waals surface area contributed by atoms with Gasteiger partial charge in [0.25, 0.3) is 10.0 Å². The fourth-order valence-corrected chi connectivity index (χ4v) is 4.52. The first-order valence-electron chi connectivity index (χ1n) is 9.55. The molecule has 0 saturated heterocycles. The normalized spacial score (nSPS) is 12.6. The first-order chi connectivity index (χ1) is 13.6. The van der Waals surface area contributed by atoms with Gasteiger partial charge in [0.05, 0.1) is 11.6 Å². The number of phenols is 2. The van der Waals surface area contributed by atoms with Gasteiger partial charge in [-0.15, -0.1) is 0 Å². The number of nitrogens with two attached hydrogens (primary N) is 1. The molecule has 0 aliphatic carbocycles. The second-order valence-electron chi connectivity index (χ2n) is 7.19. The molecule has 5 N–H and O–H groups in total. The van der Waals surface area contributed by atoms with Crippen LogP contribution >= 0.6 is 0 Å². The predicted octanol–water partition coefficient (Wildman–Crippen LogP) is 2.96. The monoisotopic (exact) mass is 420 g/mol. The van der Waals surface area contributed by atoms with E-state index in [1.807, 2.05) is 24.6 Å². The van der Waals surface area contributed by atoms with E-state index in [0.717, 1.165) is 18.4 Å². The van der Waals surface area contributed by atoms with Gasteiger partial charge in [0, 0.05) is 0 Å². The van der Waals surface area contributed by atoms with Gasteiger partial charge >= 0.3 is 0 Å². The molecule has 0 fully saturated rings. The number of nitrogens with one attached hydrogen (secondary N) is 1. The summed E-state index contributed by atoms with van der Waals surface area (Å²) in [5.41, 5.74) is 7.07. The Balaban J connectivity index is 2.70. The summed E-state index contributed by atoms with van der Waals surface area (Å²) in [7, 11) is -4.40. The van der Waals surface area contributed by atoms with Crippen molar-refractivity contribution in [2.75, 3.05) is 0 Å². The number of hydrogen-bond acceptors (Lipinski definition) is 6. The van der Waals surface area contributed by atoms with Crippen molar-refractivity contribution in [3.05, 3.63) is 41.5 Å². The standard InChI is InChI=1S/C21H28N2O5S/c1-4-5-6-9-16-12-17(24)18(15-10-7-8-13(2)11-15)19(25)20(16)29(27,28)23-21(26)14(3)22/h7-8,10-12,14,24-25H,4-6,9,22H2,1-3H3,(H,23,26). The van der Waals surface area contributed by atoms with E-state index >= 15 is 0 Å². The van der Waals surface area contributed by atoms with Crippen molar-refractivity contribution in [1.29, 1.82) is 0 Å². The van der Waals surface area contributed by atoms with Crippen molar-refractivity contribution < 1.29 is 23.4 Å². The van der Waals surface area contributed by atoms with Gasteiger partial charge in [-0.2, -0.15) is 0 Å². The lowest BCUT2D eigenvalue weighted by Gasteiger charge is -2.18. The maximum Gasteiger partial charge on any atom is 0.268 e. The fraction of sp³-hybridized carbons (Fsp3) is 0.381. The Morgan fingerprint density at radius 1 is 1.21 bits per heavy atom. The summed E-state index contributed by atoms with van der Waals surface area (Å²) in [5.74, 6) is -1.70. The lowest BCUT2D eigenvalue weighted by molar-refractivity contribution is -0.120. The fourth-order valence-electron chi connectivity index (χ4n) is 3.10. The summed E-state index contributed by atoms with van der Waals surface area (Å²) < 4.78 is 27.8. The number of hydrogen-bond donors (Lipinski definition) is 4. The Kier molecular flexibility index (Phi) is 7.26. The molecule has 0 radical (unpaired) electrons. The molecule has 0 aliphatic heterocycles. The predicted molar refractivity (Wildman–Crippen MR) is 112 cm³/mol. The van der Waals surface area contributed by atoms with Crippen LogP contribution in [-0.4, -0.2) is 30.6 Å². The van der Waals surface area contributed by atoms with E-state index in [9.17, 15) is 23.4 Å². The van der Waals surface area contributed by atoms with Crippen molar-refractivity contribution in [2.24, 2.45) is 5.73 Å². The average Bonchev–Trinajstić information content (AvgIpc) is 2.61. The van der Waals surface area contributed by atoms with Crippen LogP contribution < -0.4 is 10.5 Å². The van der Waals surface area contributed by atoms with E-state index in [4.69, 9.17) is 5.73 Å². The smallest absolute Gasteiger partial charge is 0.268 e. The van der Waals surface area contributed by atoms with E-state index in [1.54, 1.807) is 18.2 Å². The molecule has 0 heterocycles. The maximum atomic E-state index is 13.0. The molecule has 2 rings (SSSR count). The van der Waals surface area contributed by atoms with Gasteiger partial charge in [0.15, 0.2) is 0 Å². The Morgan fingerprint density at radius 3 is 2.48 bits per heavy atom. The zero-order chi connectivity index (χ0) is 21.8. The number of carbonyl (C=O) groups excluding carboxylic acids is 1. The zero-order valence-corrected chi connectivity index (χ0v) is 17.7. The maximum absolute atomic E-state index is 13.0. The number of aryl methyl sites for hydroxylation is 2. The van der Waals surface area contributed by atoms with Crippen molar-refractivity contribution >= 4 is 15.9 Å². The van der Waals surface area contributed by atoms with E-state index in [1.165, 1.54) is 13.0 Å². The lowest BCUT2D eigenvalue weighted by atomic mass is 9.97. The number of rotatable bonds is 8.